The van der Waals surface area contributed by atoms with E-state index in [1.54, 1.807) is 51.2 Å². The molecule has 6 nitrogen and oxygen atoms in total. The number of carbonyl (C=O) groups is 2. The van der Waals surface area contributed by atoms with Gasteiger partial charge in [0.2, 0.25) is 5.91 Å². The molecule has 0 aliphatic heterocycles. The first-order valence-corrected chi connectivity index (χ1v) is 9.03. The number of carbonyl (C=O) groups excluding carboxylic acids is 2. The molecule has 3 aromatic rings. The lowest BCUT2D eigenvalue weighted by Gasteiger charge is -2.19. The number of nitrogens with zero attached hydrogens (tertiary/aromatic N) is 1. The number of pyridine rings is 1. The minimum absolute atomic E-state index is 0.133. The maximum absolute atomic E-state index is 12.4. The van der Waals surface area contributed by atoms with E-state index < -0.39 is 11.7 Å². The number of aromatic nitrogens is 1. The predicted molar refractivity (Wildman–Crippen MR) is 110 cm³/mol. The highest BCUT2D eigenvalue weighted by atomic mass is 16.6. The molecule has 0 saturated heterocycles. The third kappa shape index (κ3) is 5.30. The van der Waals surface area contributed by atoms with Crippen LogP contribution in [0.5, 0.6) is 0 Å². The molecule has 0 fully saturated rings. The first-order valence-electron chi connectivity index (χ1n) is 9.03. The Hall–Kier alpha value is -3.41. The van der Waals surface area contributed by atoms with Crippen LogP contribution in [0.1, 0.15) is 26.3 Å². The summed E-state index contributed by atoms with van der Waals surface area (Å²) in [5.74, 6) is -0.133. The van der Waals surface area contributed by atoms with Crippen LogP contribution in [0.3, 0.4) is 0 Å². The van der Waals surface area contributed by atoms with Crippen molar-refractivity contribution in [1.82, 2.24) is 4.98 Å². The number of hydrogen-bond donors (Lipinski definition) is 2. The van der Waals surface area contributed by atoms with E-state index in [2.05, 4.69) is 15.6 Å². The minimum Gasteiger partial charge on any atom is -0.444 e. The fourth-order valence-corrected chi connectivity index (χ4v) is 2.71. The second kappa shape index (κ2) is 8.08. The van der Waals surface area contributed by atoms with Gasteiger partial charge >= 0.3 is 6.09 Å². The Bertz CT molecular complexity index is 987. The summed E-state index contributed by atoms with van der Waals surface area (Å²) < 4.78 is 5.22. The Kier molecular flexibility index (Phi) is 5.59. The first-order chi connectivity index (χ1) is 13.3. The summed E-state index contributed by atoms with van der Waals surface area (Å²) >= 11 is 0. The quantitative estimate of drug-likeness (QED) is 0.687. The van der Waals surface area contributed by atoms with E-state index in [1.165, 1.54) is 0 Å². The van der Waals surface area contributed by atoms with Crippen LogP contribution < -0.4 is 10.6 Å². The van der Waals surface area contributed by atoms with Gasteiger partial charge in [-0.15, -0.1) is 0 Å². The SMILES string of the molecule is CC(C)(C)OC(=O)Nc1ccc(CC(=O)Nc2cccc3cccnc23)cc1. The summed E-state index contributed by atoms with van der Waals surface area (Å²) in [7, 11) is 0. The maximum Gasteiger partial charge on any atom is 0.412 e. The summed E-state index contributed by atoms with van der Waals surface area (Å²) in [6.45, 7) is 5.42. The molecule has 0 bridgehead atoms. The summed E-state index contributed by atoms with van der Waals surface area (Å²) in [4.78, 5) is 28.6. The van der Waals surface area contributed by atoms with Crippen LogP contribution in [0.25, 0.3) is 10.9 Å². The molecule has 6 heteroatoms. The van der Waals surface area contributed by atoms with Crippen molar-refractivity contribution in [3.8, 4) is 0 Å². The minimum atomic E-state index is -0.557. The van der Waals surface area contributed by atoms with Gasteiger partial charge in [0, 0.05) is 17.3 Å². The van der Waals surface area contributed by atoms with Crippen molar-refractivity contribution >= 4 is 34.3 Å². The Labute approximate surface area is 163 Å². The normalized spacial score (nSPS) is 11.1. The predicted octanol–water partition coefficient (Wildman–Crippen LogP) is 4.76. The molecule has 2 N–H and O–H groups in total. The summed E-state index contributed by atoms with van der Waals surface area (Å²) in [6.07, 6.45) is 1.41. The lowest BCUT2D eigenvalue weighted by molar-refractivity contribution is -0.115. The van der Waals surface area contributed by atoms with E-state index in [-0.39, 0.29) is 12.3 Å². The Morgan fingerprint density at radius 2 is 1.68 bits per heavy atom. The lowest BCUT2D eigenvalue weighted by Crippen LogP contribution is -2.27. The number of rotatable bonds is 4. The molecule has 0 spiro atoms. The molecular weight excluding hydrogens is 354 g/mol. The fraction of sp³-hybridized carbons (Fsp3) is 0.227. The largest absolute Gasteiger partial charge is 0.444 e. The second-order valence-electron chi connectivity index (χ2n) is 7.43. The van der Waals surface area contributed by atoms with Gasteiger partial charge in [0.25, 0.3) is 0 Å². The number of para-hydroxylation sites is 1. The van der Waals surface area contributed by atoms with Gasteiger partial charge in [0.1, 0.15) is 5.60 Å². The first kappa shape index (κ1) is 19.4. The van der Waals surface area contributed by atoms with E-state index in [4.69, 9.17) is 4.74 Å². The molecule has 0 atom stereocenters. The lowest BCUT2D eigenvalue weighted by atomic mass is 10.1. The number of hydrogen-bond acceptors (Lipinski definition) is 4. The van der Waals surface area contributed by atoms with E-state index in [0.717, 1.165) is 16.5 Å². The van der Waals surface area contributed by atoms with Crippen LogP contribution in [-0.4, -0.2) is 22.6 Å². The van der Waals surface area contributed by atoms with Gasteiger partial charge in [-0.2, -0.15) is 0 Å². The van der Waals surface area contributed by atoms with Crippen LogP contribution in [0.15, 0.2) is 60.8 Å². The van der Waals surface area contributed by atoms with Crippen LogP contribution in [0.2, 0.25) is 0 Å². The number of benzene rings is 2. The molecular formula is C22H23N3O3. The number of fused-ring (bicyclic) bond motifs is 1. The van der Waals surface area contributed by atoms with Gasteiger partial charge in [-0.25, -0.2) is 4.79 Å². The summed E-state index contributed by atoms with van der Waals surface area (Å²) in [5, 5.41) is 6.55. The topological polar surface area (TPSA) is 80.3 Å². The zero-order valence-electron chi connectivity index (χ0n) is 16.2. The van der Waals surface area contributed by atoms with Crippen molar-refractivity contribution < 1.29 is 14.3 Å². The Balaban J connectivity index is 1.61. The van der Waals surface area contributed by atoms with Gasteiger partial charge < -0.3 is 10.1 Å². The van der Waals surface area contributed by atoms with Gasteiger partial charge in [-0.3, -0.25) is 15.1 Å². The van der Waals surface area contributed by atoms with Crippen molar-refractivity contribution in [2.45, 2.75) is 32.8 Å². The molecule has 1 aromatic heterocycles. The van der Waals surface area contributed by atoms with Gasteiger partial charge in [0.15, 0.2) is 0 Å². The zero-order chi connectivity index (χ0) is 20.1. The Morgan fingerprint density at radius 3 is 2.39 bits per heavy atom. The highest BCUT2D eigenvalue weighted by Gasteiger charge is 2.16. The molecule has 28 heavy (non-hydrogen) atoms. The fourth-order valence-electron chi connectivity index (χ4n) is 2.71. The van der Waals surface area contributed by atoms with Crippen molar-refractivity contribution in [2.75, 3.05) is 10.6 Å². The van der Waals surface area contributed by atoms with Gasteiger partial charge in [-0.05, 0) is 50.6 Å². The number of nitrogens with one attached hydrogen (secondary N) is 2. The average molecular weight is 377 g/mol. The molecule has 2 amide bonds. The van der Waals surface area contributed by atoms with E-state index in [0.29, 0.717) is 11.4 Å². The Morgan fingerprint density at radius 1 is 0.964 bits per heavy atom. The molecule has 0 saturated carbocycles. The van der Waals surface area contributed by atoms with E-state index in [9.17, 15) is 9.59 Å². The van der Waals surface area contributed by atoms with Crippen LogP contribution >= 0.6 is 0 Å². The third-order valence-electron chi connectivity index (χ3n) is 3.87. The molecule has 3 rings (SSSR count). The highest BCUT2D eigenvalue weighted by Crippen LogP contribution is 2.21. The monoisotopic (exact) mass is 377 g/mol. The molecule has 0 unspecified atom stereocenters. The molecule has 1 heterocycles. The standard InChI is InChI=1S/C22H23N3O3/c1-22(2,3)28-21(27)24-17-11-9-15(10-12-17)14-19(26)25-18-8-4-6-16-7-5-13-23-20(16)18/h4-13H,14H2,1-3H3,(H,24,27)(H,25,26). The van der Waals surface area contributed by atoms with Crippen molar-refractivity contribution in [1.29, 1.82) is 0 Å². The zero-order valence-corrected chi connectivity index (χ0v) is 16.2. The second-order valence-corrected chi connectivity index (χ2v) is 7.43. The van der Waals surface area contributed by atoms with E-state index >= 15 is 0 Å². The third-order valence-corrected chi connectivity index (χ3v) is 3.87. The molecule has 144 valence electrons. The van der Waals surface area contributed by atoms with Crippen LogP contribution in [0, 0.1) is 0 Å². The maximum atomic E-state index is 12.4. The van der Waals surface area contributed by atoms with Gasteiger partial charge in [0.05, 0.1) is 17.6 Å². The van der Waals surface area contributed by atoms with Crippen molar-refractivity contribution in [3.63, 3.8) is 0 Å². The molecule has 0 aliphatic rings. The van der Waals surface area contributed by atoms with Crippen LogP contribution in [-0.2, 0) is 16.0 Å². The number of ether oxygens (including phenoxy) is 1. The van der Waals surface area contributed by atoms with Crippen LogP contribution in [0.4, 0.5) is 16.2 Å². The molecule has 2 aromatic carbocycles. The smallest absolute Gasteiger partial charge is 0.412 e. The van der Waals surface area contributed by atoms with Crippen molar-refractivity contribution in [2.24, 2.45) is 0 Å². The van der Waals surface area contributed by atoms with E-state index in [1.807, 2.05) is 30.3 Å². The number of anilines is 2. The average Bonchev–Trinajstić information content (AvgIpc) is 2.62. The molecule has 0 aliphatic carbocycles. The van der Waals surface area contributed by atoms with Crippen molar-refractivity contribution in [3.05, 3.63) is 66.4 Å². The molecule has 0 radical (unpaired) electrons. The van der Waals surface area contributed by atoms with Gasteiger partial charge in [-0.1, -0.05) is 30.3 Å². The summed E-state index contributed by atoms with van der Waals surface area (Å²) in [5.41, 5.74) is 2.33. The summed E-state index contributed by atoms with van der Waals surface area (Å²) in [6, 6.07) is 16.6. The number of amides is 2. The highest BCUT2D eigenvalue weighted by molar-refractivity contribution is 6.00.